The molecule has 2 aromatic rings. The van der Waals surface area contributed by atoms with Crippen LogP contribution in [0.4, 0.5) is 5.69 Å². The lowest BCUT2D eigenvalue weighted by Crippen LogP contribution is -2.52. The van der Waals surface area contributed by atoms with Gasteiger partial charge in [-0.1, -0.05) is 31.0 Å². The molecule has 3 saturated heterocycles. The highest BCUT2D eigenvalue weighted by molar-refractivity contribution is 7.89. The van der Waals surface area contributed by atoms with E-state index < -0.39 is 38.9 Å². The lowest BCUT2D eigenvalue weighted by Gasteiger charge is -2.35. The standard InChI is InChI=1S/C32H38N4O7S/c1-33-26-10-5-4-9-25(26)32(31(33)40)27(29(38)30(39)36(32)18-8-15-34-19-21-43-22-20-34)28(37)23-11-13-24(14-12-23)44(41,42)35-16-6-2-3-7-17-35/h4-5,9-14,37H,2-3,6-8,15-22H2,1H3/b28-27+. The molecule has 1 atom stereocenters. The summed E-state index contributed by atoms with van der Waals surface area (Å²) in [6, 6.07) is 12.6. The average Bonchev–Trinajstić information content (AvgIpc) is 3.25. The zero-order valence-electron chi connectivity index (χ0n) is 24.9. The largest absolute Gasteiger partial charge is 0.507 e. The molecule has 4 heterocycles. The molecule has 1 spiro atoms. The van der Waals surface area contributed by atoms with E-state index in [2.05, 4.69) is 4.90 Å². The van der Waals surface area contributed by atoms with E-state index in [9.17, 15) is 27.9 Å². The minimum atomic E-state index is -3.74. The molecule has 1 unspecified atom stereocenters. The summed E-state index contributed by atoms with van der Waals surface area (Å²) >= 11 is 0. The van der Waals surface area contributed by atoms with Gasteiger partial charge < -0.3 is 19.6 Å². The number of aliphatic hydroxyl groups excluding tert-OH is 1. The number of likely N-dealkylation sites (N-methyl/N-ethyl adjacent to an activating group) is 1. The quantitative estimate of drug-likeness (QED) is 0.284. The molecular formula is C32H38N4O7S. The first-order valence-corrected chi connectivity index (χ1v) is 16.7. The number of ketones is 1. The highest BCUT2D eigenvalue weighted by Crippen LogP contribution is 2.53. The molecule has 3 fully saturated rings. The summed E-state index contributed by atoms with van der Waals surface area (Å²) in [5.41, 5.74) is -1.02. The van der Waals surface area contributed by atoms with Crippen molar-refractivity contribution in [2.24, 2.45) is 0 Å². The first kappa shape index (κ1) is 30.4. The number of carbonyl (C=O) groups is 3. The monoisotopic (exact) mass is 622 g/mol. The Morgan fingerprint density at radius 3 is 2.23 bits per heavy atom. The van der Waals surface area contributed by atoms with Crippen LogP contribution in [0.3, 0.4) is 0 Å². The number of fused-ring (bicyclic) bond motifs is 2. The minimum Gasteiger partial charge on any atom is -0.507 e. The van der Waals surface area contributed by atoms with Crippen molar-refractivity contribution in [3.63, 3.8) is 0 Å². The number of hydrogen-bond acceptors (Lipinski definition) is 8. The molecule has 0 saturated carbocycles. The Morgan fingerprint density at radius 2 is 1.55 bits per heavy atom. The van der Waals surface area contributed by atoms with Crippen molar-refractivity contribution < 1.29 is 32.6 Å². The number of amides is 2. The Kier molecular flexibility index (Phi) is 8.35. The number of likely N-dealkylation sites (tertiary alicyclic amines) is 1. The van der Waals surface area contributed by atoms with Crippen molar-refractivity contribution in [2.45, 2.75) is 42.5 Å². The molecule has 12 heteroatoms. The summed E-state index contributed by atoms with van der Waals surface area (Å²) in [7, 11) is -2.15. The Hall–Kier alpha value is -3.58. The van der Waals surface area contributed by atoms with Crippen molar-refractivity contribution in [1.82, 2.24) is 14.1 Å². The molecule has 0 bridgehead atoms. The third-order valence-corrected chi connectivity index (χ3v) is 11.1. The predicted octanol–water partition coefficient (Wildman–Crippen LogP) is 2.53. The first-order chi connectivity index (χ1) is 21.2. The molecule has 234 valence electrons. The van der Waals surface area contributed by atoms with Crippen LogP contribution in [0.25, 0.3) is 5.76 Å². The second kappa shape index (κ2) is 12.1. The summed E-state index contributed by atoms with van der Waals surface area (Å²) < 4.78 is 33.6. The number of para-hydroxylation sites is 1. The molecule has 1 N–H and O–H groups in total. The van der Waals surface area contributed by atoms with Gasteiger partial charge in [0.15, 0.2) is 5.54 Å². The number of anilines is 1. The van der Waals surface area contributed by atoms with E-state index in [1.54, 1.807) is 31.3 Å². The maximum absolute atomic E-state index is 14.2. The van der Waals surface area contributed by atoms with Crippen molar-refractivity contribution in [1.29, 1.82) is 0 Å². The highest BCUT2D eigenvalue weighted by Gasteiger charge is 2.66. The Morgan fingerprint density at radius 1 is 0.886 bits per heavy atom. The van der Waals surface area contributed by atoms with E-state index in [0.717, 1.165) is 38.8 Å². The number of Topliss-reactive ketones (excluding diaryl/α,β-unsaturated/α-hetero) is 1. The van der Waals surface area contributed by atoms with Crippen LogP contribution in [0.2, 0.25) is 0 Å². The second-order valence-electron chi connectivity index (χ2n) is 11.8. The number of aliphatic hydroxyl groups is 1. The fraction of sp³-hybridized carbons (Fsp3) is 0.469. The summed E-state index contributed by atoms with van der Waals surface area (Å²) in [5, 5.41) is 11.7. The fourth-order valence-corrected chi connectivity index (χ4v) is 8.43. The van der Waals surface area contributed by atoms with Crippen molar-refractivity contribution >= 4 is 39.1 Å². The van der Waals surface area contributed by atoms with Gasteiger partial charge in [-0.25, -0.2) is 8.42 Å². The number of morpholine rings is 1. The van der Waals surface area contributed by atoms with Crippen LogP contribution < -0.4 is 4.90 Å². The van der Waals surface area contributed by atoms with Gasteiger partial charge in [-0.05, 0) is 49.6 Å². The topological polar surface area (TPSA) is 128 Å². The summed E-state index contributed by atoms with van der Waals surface area (Å²) in [4.78, 5) is 46.7. The van der Waals surface area contributed by atoms with Crippen molar-refractivity contribution in [2.75, 3.05) is 64.4 Å². The molecule has 6 rings (SSSR count). The fourth-order valence-electron chi connectivity index (χ4n) is 6.91. The van der Waals surface area contributed by atoms with Crippen LogP contribution in [0.15, 0.2) is 59.0 Å². The van der Waals surface area contributed by atoms with Crippen molar-refractivity contribution in [3.05, 3.63) is 65.2 Å². The molecule has 4 aliphatic rings. The number of hydrogen-bond donors (Lipinski definition) is 1. The molecule has 0 aliphatic carbocycles. The molecular weight excluding hydrogens is 584 g/mol. The highest BCUT2D eigenvalue weighted by atomic mass is 32.2. The number of sulfonamides is 1. The van der Waals surface area contributed by atoms with Gasteiger partial charge in [-0.2, -0.15) is 4.31 Å². The van der Waals surface area contributed by atoms with Gasteiger partial charge in [0.2, 0.25) is 10.0 Å². The molecule has 44 heavy (non-hydrogen) atoms. The van der Waals surface area contributed by atoms with Gasteiger partial charge in [0.05, 0.1) is 23.7 Å². The van der Waals surface area contributed by atoms with Gasteiger partial charge in [0, 0.05) is 63.1 Å². The number of carbonyl (C=O) groups excluding carboxylic acids is 3. The van der Waals surface area contributed by atoms with E-state index in [4.69, 9.17) is 4.74 Å². The molecule has 2 amide bonds. The van der Waals surface area contributed by atoms with E-state index >= 15 is 0 Å². The lowest BCUT2D eigenvalue weighted by molar-refractivity contribution is -0.143. The van der Waals surface area contributed by atoms with Crippen LogP contribution in [0.1, 0.15) is 43.2 Å². The number of rotatable bonds is 7. The van der Waals surface area contributed by atoms with Gasteiger partial charge in [-0.3, -0.25) is 19.3 Å². The minimum absolute atomic E-state index is 0.0799. The van der Waals surface area contributed by atoms with E-state index in [1.165, 1.54) is 38.4 Å². The van der Waals surface area contributed by atoms with E-state index in [1.807, 2.05) is 0 Å². The van der Waals surface area contributed by atoms with Gasteiger partial charge in [0.1, 0.15) is 5.76 Å². The Balaban J connectivity index is 1.40. The number of nitrogens with zero attached hydrogens (tertiary/aromatic N) is 4. The molecule has 0 radical (unpaired) electrons. The molecule has 11 nitrogen and oxygen atoms in total. The van der Waals surface area contributed by atoms with Crippen LogP contribution in [0, 0.1) is 0 Å². The summed E-state index contributed by atoms with van der Waals surface area (Å²) in [6.07, 6.45) is 4.09. The van der Waals surface area contributed by atoms with Gasteiger partial charge in [-0.15, -0.1) is 0 Å². The number of benzene rings is 2. The lowest BCUT2D eigenvalue weighted by atomic mass is 9.82. The zero-order valence-corrected chi connectivity index (χ0v) is 25.7. The smallest absolute Gasteiger partial charge is 0.296 e. The Labute approximate surface area is 257 Å². The van der Waals surface area contributed by atoms with E-state index in [0.29, 0.717) is 50.5 Å². The van der Waals surface area contributed by atoms with Crippen LogP contribution >= 0.6 is 0 Å². The molecule has 2 aromatic carbocycles. The zero-order chi connectivity index (χ0) is 31.1. The maximum atomic E-state index is 14.2. The van der Waals surface area contributed by atoms with Crippen LogP contribution in [-0.2, 0) is 34.7 Å². The second-order valence-corrected chi connectivity index (χ2v) is 13.7. The third-order valence-electron chi connectivity index (χ3n) is 9.23. The van der Waals surface area contributed by atoms with Crippen molar-refractivity contribution in [3.8, 4) is 0 Å². The van der Waals surface area contributed by atoms with E-state index in [-0.39, 0.29) is 22.6 Å². The van der Waals surface area contributed by atoms with Gasteiger partial charge >= 0.3 is 0 Å². The molecule has 0 aromatic heterocycles. The SMILES string of the molecule is CN1C(=O)C2(/C(=C(/O)c3ccc(S(=O)(=O)N4CCCCCC4)cc3)C(=O)C(=O)N2CCCN2CCOCC2)c2ccccc21. The maximum Gasteiger partial charge on any atom is 0.296 e. The van der Waals surface area contributed by atoms with Crippen LogP contribution in [0.5, 0.6) is 0 Å². The third kappa shape index (κ3) is 4.93. The van der Waals surface area contributed by atoms with Gasteiger partial charge in [0.25, 0.3) is 17.6 Å². The molecule has 4 aliphatic heterocycles. The first-order valence-electron chi connectivity index (χ1n) is 15.3. The normalized spacial score (nSPS) is 24.7. The van der Waals surface area contributed by atoms with Crippen LogP contribution in [-0.4, -0.2) is 105 Å². The Bertz CT molecular complexity index is 1590. The number of ether oxygens (including phenoxy) is 1. The average molecular weight is 623 g/mol. The summed E-state index contributed by atoms with van der Waals surface area (Å²) in [6.45, 7) is 4.46. The summed E-state index contributed by atoms with van der Waals surface area (Å²) in [5.74, 6) is -2.83. The predicted molar refractivity (Wildman–Crippen MR) is 163 cm³/mol.